The number of benzene rings is 1. The molecule has 1 heterocycles. The SMILES string of the molecule is CCC(=O)N1CC[C@@H](Nc2cc(C#N)ccc2C(F)(F)F)C1. The van der Waals surface area contributed by atoms with E-state index in [9.17, 15) is 18.0 Å². The second-order valence-corrected chi connectivity index (χ2v) is 5.19. The quantitative estimate of drug-likeness (QED) is 0.933. The summed E-state index contributed by atoms with van der Waals surface area (Å²) in [4.78, 5) is 13.3. The van der Waals surface area contributed by atoms with Crippen LogP contribution in [-0.4, -0.2) is 29.9 Å². The van der Waals surface area contributed by atoms with Gasteiger partial charge >= 0.3 is 6.18 Å². The molecule has 118 valence electrons. The van der Waals surface area contributed by atoms with Crippen LogP contribution in [0, 0.1) is 11.3 Å². The normalized spacial score (nSPS) is 18.1. The zero-order chi connectivity index (χ0) is 16.3. The minimum atomic E-state index is -4.49. The summed E-state index contributed by atoms with van der Waals surface area (Å²) in [6.07, 6.45) is -3.53. The fourth-order valence-corrected chi connectivity index (χ4v) is 2.53. The summed E-state index contributed by atoms with van der Waals surface area (Å²) >= 11 is 0. The first kappa shape index (κ1) is 16.1. The second-order valence-electron chi connectivity index (χ2n) is 5.19. The lowest BCUT2D eigenvalue weighted by molar-refractivity contribution is -0.137. The molecule has 1 aromatic rings. The van der Waals surface area contributed by atoms with E-state index in [0.717, 1.165) is 12.1 Å². The maximum absolute atomic E-state index is 13.0. The Morgan fingerprint density at radius 2 is 2.23 bits per heavy atom. The number of rotatable bonds is 3. The van der Waals surface area contributed by atoms with Gasteiger partial charge < -0.3 is 10.2 Å². The van der Waals surface area contributed by atoms with E-state index in [1.54, 1.807) is 11.8 Å². The van der Waals surface area contributed by atoms with Crippen molar-refractivity contribution in [3.05, 3.63) is 29.3 Å². The number of hydrogen-bond acceptors (Lipinski definition) is 3. The Kier molecular flexibility index (Phi) is 4.59. The third-order valence-electron chi connectivity index (χ3n) is 3.66. The van der Waals surface area contributed by atoms with Crippen molar-refractivity contribution in [2.24, 2.45) is 0 Å². The highest BCUT2D eigenvalue weighted by Gasteiger charge is 2.35. The van der Waals surface area contributed by atoms with Gasteiger partial charge in [-0.1, -0.05) is 6.92 Å². The average Bonchev–Trinajstić information content (AvgIpc) is 2.93. The van der Waals surface area contributed by atoms with Crippen molar-refractivity contribution in [3.63, 3.8) is 0 Å². The Bertz CT molecular complexity index is 607. The lowest BCUT2D eigenvalue weighted by atomic mass is 10.1. The first-order valence-electron chi connectivity index (χ1n) is 7.00. The van der Waals surface area contributed by atoms with E-state index in [-0.39, 0.29) is 23.2 Å². The van der Waals surface area contributed by atoms with Gasteiger partial charge in [0.1, 0.15) is 0 Å². The highest BCUT2D eigenvalue weighted by molar-refractivity contribution is 5.76. The molecule has 0 unspecified atom stereocenters. The molecule has 1 N–H and O–H groups in total. The van der Waals surface area contributed by atoms with Crippen molar-refractivity contribution in [1.29, 1.82) is 5.26 Å². The van der Waals surface area contributed by atoms with Gasteiger partial charge in [0, 0.05) is 31.2 Å². The van der Waals surface area contributed by atoms with E-state index >= 15 is 0 Å². The van der Waals surface area contributed by atoms with Crippen molar-refractivity contribution in [2.75, 3.05) is 18.4 Å². The standard InChI is InChI=1S/C15H16F3N3O/c1-2-14(22)21-6-5-11(9-21)20-13-7-10(8-19)3-4-12(13)15(16,17)18/h3-4,7,11,20H,2,5-6,9H2,1H3/t11-/m1/s1. The summed E-state index contributed by atoms with van der Waals surface area (Å²) in [7, 11) is 0. The van der Waals surface area contributed by atoms with Crippen molar-refractivity contribution >= 4 is 11.6 Å². The van der Waals surface area contributed by atoms with Gasteiger partial charge in [-0.2, -0.15) is 18.4 Å². The molecule has 0 aromatic heterocycles. The van der Waals surface area contributed by atoms with Gasteiger partial charge in [-0.05, 0) is 24.6 Å². The van der Waals surface area contributed by atoms with Crippen LogP contribution in [0.1, 0.15) is 30.9 Å². The molecule has 1 fully saturated rings. The molecule has 4 nitrogen and oxygen atoms in total. The topological polar surface area (TPSA) is 56.1 Å². The van der Waals surface area contributed by atoms with E-state index in [1.807, 2.05) is 6.07 Å². The maximum Gasteiger partial charge on any atom is 0.418 e. The molecule has 22 heavy (non-hydrogen) atoms. The van der Waals surface area contributed by atoms with Crippen LogP contribution in [0.15, 0.2) is 18.2 Å². The minimum absolute atomic E-state index is 0.00822. The molecular formula is C15H16F3N3O. The Morgan fingerprint density at radius 3 is 2.82 bits per heavy atom. The summed E-state index contributed by atoms with van der Waals surface area (Å²) in [5.41, 5.74) is -0.746. The van der Waals surface area contributed by atoms with Gasteiger partial charge in [-0.25, -0.2) is 0 Å². The molecular weight excluding hydrogens is 295 g/mol. The molecule has 7 heteroatoms. The van der Waals surface area contributed by atoms with Gasteiger partial charge in [-0.3, -0.25) is 4.79 Å². The number of nitrogens with zero attached hydrogens (tertiary/aromatic N) is 2. The molecule has 1 saturated heterocycles. The van der Waals surface area contributed by atoms with Crippen LogP contribution < -0.4 is 5.32 Å². The number of amides is 1. The van der Waals surface area contributed by atoms with Gasteiger partial charge in [0.05, 0.1) is 17.2 Å². The molecule has 1 atom stereocenters. The van der Waals surface area contributed by atoms with E-state index in [4.69, 9.17) is 5.26 Å². The summed E-state index contributed by atoms with van der Waals surface area (Å²) in [5, 5.41) is 11.7. The second kappa shape index (κ2) is 6.26. The first-order chi connectivity index (χ1) is 10.3. The average molecular weight is 311 g/mol. The number of nitrogens with one attached hydrogen (secondary N) is 1. The summed E-state index contributed by atoms with van der Waals surface area (Å²) < 4.78 is 39.1. The predicted molar refractivity (Wildman–Crippen MR) is 75.1 cm³/mol. The number of halogens is 3. The van der Waals surface area contributed by atoms with Crippen LogP contribution >= 0.6 is 0 Å². The van der Waals surface area contributed by atoms with Gasteiger partial charge in [-0.15, -0.1) is 0 Å². The Morgan fingerprint density at radius 1 is 1.50 bits per heavy atom. The summed E-state index contributed by atoms with van der Waals surface area (Å²) in [6, 6.07) is 4.85. The smallest absolute Gasteiger partial charge is 0.380 e. The molecule has 0 bridgehead atoms. The number of carbonyl (C=O) groups is 1. The molecule has 1 amide bonds. The molecule has 0 radical (unpaired) electrons. The largest absolute Gasteiger partial charge is 0.418 e. The van der Waals surface area contributed by atoms with E-state index < -0.39 is 11.7 Å². The number of carbonyl (C=O) groups excluding carboxylic acids is 1. The summed E-state index contributed by atoms with van der Waals surface area (Å²) in [6.45, 7) is 2.66. The van der Waals surface area contributed by atoms with Gasteiger partial charge in [0.2, 0.25) is 5.91 Å². The molecule has 0 aliphatic carbocycles. The monoisotopic (exact) mass is 311 g/mol. The maximum atomic E-state index is 13.0. The van der Waals surface area contributed by atoms with Crippen molar-refractivity contribution in [1.82, 2.24) is 4.90 Å². The molecule has 2 rings (SSSR count). The Balaban J connectivity index is 2.19. The fourth-order valence-electron chi connectivity index (χ4n) is 2.53. The highest BCUT2D eigenvalue weighted by Crippen LogP contribution is 2.36. The van der Waals surface area contributed by atoms with Crippen molar-refractivity contribution in [3.8, 4) is 6.07 Å². The lowest BCUT2D eigenvalue weighted by Crippen LogP contribution is -2.31. The lowest BCUT2D eigenvalue weighted by Gasteiger charge is -2.20. The third-order valence-corrected chi connectivity index (χ3v) is 3.66. The highest BCUT2D eigenvalue weighted by atomic mass is 19.4. The first-order valence-corrected chi connectivity index (χ1v) is 7.00. The van der Waals surface area contributed by atoms with Crippen LogP contribution in [0.3, 0.4) is 0 Å². The zero-order valence-corrected chi connectivity index (χ0v) is 12.1. The molecule has 1 aliphatic heterocycles. The third kappa shape index (κ3) is 3.50. The summed E-state index contributed by atoms with van der Waals surface area (Å²) in [5.74, 6) is -0.00822. The Labute approximate surface area is 126 Å². The van der Waals surface area contributed by atoms with Gasteiger partial charge in [0.25, 0.3) is 0 Å². The van der Waals surface area contributed by atoms with Gasteiger partial charge in [0.15, 0.2) is 0 Å². The fraction of sp³-hybridized carbons (Fsp3) is 0.467. The molecule has 1 aliphatic rings. The van der Waals surface area contributed by atoms with Crippen molar-refractivity contribution in [2.45, 2.75) is 32.0 Å². The minimum Gasteiger partial charge on any atom is -0.380 e. The molecule has 0 spiro atoms. The van der Waals surface area contributed by atoms with E-state index in [2.05, 4.69) is 5.32 Å². The van der Waals surface area contributed by atoms with Crippen LogP contribution in [0.2, 0.25) is 0 Å². The number of likely N-dealkylation sites (tertiary alicyclic amines) is 1. The van der Waals surface area contributed by atoms with E-state index in [0.29, 0.717) is 25.9 Å². The predicted octanol–water partition coefficient (Wildman–Crippen LogP) is 3.00. The van der Waals surface area contributed by atoms with Crippen LogP contribution in [-0.2, 0) is 11.0 Å². The van der Waals surface area contributed by atoms with Crippen molar-refractivity contribution < 1.29 is 18.0 Å². The van der Waals surface area contributed by atoms with Crippen LogP contribution in [0.25, 0.3) is 0 Å². The van der Waals surface area contributed by atoms with Crippen LogP contribution in [0.5, 0.6) is 0 Å². The number of anilines is 1. The molecule has 1 aromatic carbocycles. The number of nitriles is 1. The molecule has 0 saturated carbocycles. The number of hydrogen-bond donors (Lipinski definition) is 1. The Hall–Kier alpha value is -2.23. The zero-order valence-electron chi connectivity index (χ0n) is 12.1. The van der Waals surface area contributed by atoms with Crippen LogP contribution in [0.4, 0.5) is 18.9 Å². The number of alkyl halides is 3. The van der Waals surface area contributed by atoms with E-state index in [1.165, 1.54) is 6.07 Å².